The van der Waals surface area contributed by atoms with E-state index in [9.17, 15) is 4.79 Å². The molecule has 16 heavy (non-hydrogen) atoms. The lowest BCUT2D eigenvalue weighted by molar-refractivity contribution is 0.561. The molecule has 0 unspecified atom stereocenters. The predicted molar refractivity (Wildman–Crippen MR) is 70.0 cm³/mol. The first-order valence-corrected chi connectivity index (χ1v) is 5.85. The van der Waals surface area contributed by atoms with E-state index in [1.165, 1.54) is 17.8 Å². The van der Waals surface area contributed by atoms with Gasteiger partial charge in [0.1, 0.15) is 9.90 Å². The third-order valence-corrected chi connectivity index (χ3v) is 3.34. The molecule has 2 rings (SSSR count). The molecule has 0 aliphatic rings. The topological polar surface area (TPSA) is 42.2 Å². The van der Waals surface area contributed by atoms with E-state index < -0.39 is 0 Å². The van der Waals surface area contributed by atoms with Gasteiger partial charge in [0.25, 0.3) is 0 Å². The molecular formula is C11H9NO2S2. The Labute approximate surface area is 102 Å². The molecule has 5 heteroatoms. The minimum Gasteiger partial charge on any atom is -0.423 e. The highest BCUT2D eigenvalue weighted by molar-refractivity contribution is 8.23. The van der Waals surface area contributed by atoms with Crippen LogP contribution in [0.2, 0.25) is 0 Å². The van der Waals surface area contributed by atoms with Gasteiger partial charge in [-0.25, -0.2) is 4.79 Å². The van der Waals surface area contributed by atoms with Gasteiger partial charge in [0.2, 0.25) is 0 Å². The molecule has 1 heterocycles. The van der Waals surface area contributed by atoms with Crippen molar-refractivity contribution in [1.29, 1.82) is 0 Å². The zero-order chi connectivity index (χ0) is 11.5. The SMILES string of the molecule is CNC(=S)Sc1ccc2oc(=O)ccc2c1. The maximum atomic E-state index is 11.0. The molecule has 1 N–H and O–H groups in total. The van der Waals surface area contributed by atoms with Crippen LogP contribution < -0.4 is 10.9 Å². The Kier molecular flexibility index (Phi) is 3.26. The van der Waals surface area contributed by atoms with Gasteiger partial charge < -0.3 is 9.73 Å². The molecule has 0 amide bonds. The number of thiocarbonyl (C=S) groups is 1. The van der Waals surface area contributed by atoms with E-state index in [-0.39, 0.29) is 5.63 Å². The summed E-state index contributed by atoms with van der Waals surface area (Å²) in [5.41, 5.74) is 0.255. The molecule has 0 spiro atoms. The van der Waals surface area contributed by atoms with Gasteiger partial charge in [0.05, 0.1) is 0 Å². The molecule has 0 fully saturated rings. The molecule has 0 saturated carbocycles. The lowest BCUT2D eigenvalue weighted by Crippen LogP contribution is -2.10. The highest BCUT2D eigenvalue weighted by Crippen LogP contribution is 2.23. The predicted octanol–water partition coefficient (Wildman–Crippen LogP) is 2.39. The lowest BCUT2D eigenvalue weighted by Gasteiger charge is -2.03. The standard InChI is InChI=1S/C11H9NO2S2/c1-12-11(15)16-8-3-4-9-7(6-8)2-5-10(13)14-9/h2-6H,1H3,(H,12,15). The number of hydrogen-bond donors (Lipinski definition) is 1. The number of thioether (sulfide) groups is 1. The first-order chi connectivity index (χ1) is 7.69. The van der Waals surface area contributed by atoms with Gasteiger partial charge in [-0.3, -0.25) is 0 Å². The van der Waals surface area contributed by atoms with Gasteiger partial charge in [-0.2, -0.15) is 0 Å². The summed E-state index contributed by atoms with van der Waals surface area (Å²) in [4.78, 5) is 12.0. The summed E-state index contributed by atoms with van der Waals surface area (Å²) in [6.07, 6.45) is 0. The molecule has 0 bridgehead atoms. The lowest BCUT2D eigenvalue weighted by atomic mass is 10.2. The molecular weight excluding hydrogens is 242 g/mol. The summed E-state index contributed by atoms with van der Waals surface area (Å²) in [5.74, 6) is 0. The fourth-order valence-electron chi connectivity index (χ4n) is 1.27. The second kappa shape index (κ2) is 4.67. The van der Waals surface area contributed by atoms with Gasteiger partial charge in [0.15, 0.2) is 0 Å². The van der Waals surface area contributed by atoms with Crippen molar-refractivity contribution < 1.29 is 4.42 Å². The van der Waals surface area contributed by atoms with Crippen LogP contribution >= 0.6 is 24.0 Å². The monoisotopic (exact) mass is 251 g/mol. The average Bonchev–Trinajstić information content (AvgIpc) is 2.29. The van der Waals surface area contributed by atoms with Crippen molar-refractivity contribution in [2.75, 3.05) is 7.05 Å². The largest absolute Gasteiger partial charge is 0.423 e. The van der Waals surface area contributed by atoms with Crippen molar-refractivity contribution in [1.82, 2.24) is 5.32 Å². The van der Waals surface area contributed by atoms with E-state index in [1.54, 1.807) is 19.2 Å². The van der Waals surface area contributed by atoms with Gasteiger partial charge in [-0.05, 0) is 24.3 Å². The van der Waals surface area contributed by atoms with Gasteiger partial charge in [-0.1, -0.05) is 24.0 Å². The molecule has 0 radical (unpaired) electrons. The van der Waals surface area contributed by atoms with E-state index in [4.69, 9.17) is 16.6 Å². The van der Waals surface area contributed by atoms with Gasteiger partial charge in [0, 0.05) is 23.4 Å². The van der Waals surface area contributed by atoms with Gasteiger partial charge in [-0.15, -0.1) is 0 Å². The normalized spacial score (nSPS) is 10.3. The molecule has 1 aromatic heterocycles. The van der Waals surface area contributed by atoms with Crippen molar-refractivity contribution in [2.24, 2.45) is 0 Å². The van der Waals surface area contributed by atoms with Crippen LogP contribution in [0.3, 0.4) is 0 Å². The number of rotatable bonds is 1. The van der Waals surface area contributed by atoms with E-state index in [0.717, 1.165) is 10.3 Å². The maximum absolute atomic E-state index is 11.0. The fourth-order valence-corrected chi connectivity index (χ4v) is 2.20. The van der Waals surface area contributed by atoms with E-state index in [2.05, 4.69) is 5.32 Å². The number of hydrogen-bond acceptors (Lipinski definition) is 4. The summed E-state index contributed by atoms with van der Waals surface area (Å²) in [6, 6.07) is 8.74. The second-order valence-corrected chi connectivity index (χ2v) is 4.84. The zero-order valence-electron chi connectivity index (χ0n) is 8.52. The van der Waals surface area contributed by atoms with Crippen LogP contribution in [0.25, 0.3) is 11.0 Å². The van der Waals surface area contributed by atoms with Crippen LogP contribution in [0.5, 0.6) is 0 Å². The Morgan fingerprint density at radius 1 is 1.38 bits per heavy atom. The third-order valence-electron chi connectivity index (χ3n) is 2.01. The molecule has 0 aliphatic carbocycles. The highest BCUT2D eigenvalue weighted by atomic mass is 32.2. The number of benzene rings is 1. The van der Waals surface area contributed by atoms with E-state index in [0.29, 0.717) is 9.90 Å². The zero-order valence-corrected chi connectivity index (χ0v) is 10.2. The minimum absolute atomic E-state index is 0.335. The molecule has 82 valence electrons. The van der Waals surface area contributed by atoms with E-state index in [1.807, 2.05) is 12.1 Å². The summed E-state index contributed by atoms with van der Waals surface area (Å²) in [6.45, 7) is 0. The molecule has 1 aromatic carbocycles. The van der Waals surface area contributed by atoms with Crippen LogP contribution in [-0.4, -0.2) is 11.4 Å². The first-order valence-electron chi connectivity index (χ1n) is 4.62. The van der Waals surface area contributed by atoms with Crippen LogP contribution in [0.15, 0.2) is 44.4 Å². The molecule has 0 aliphatic heterocycles. The number of fused-ring (bicyclic) bond motifs is 1. The highest BCUT2D eigenvalue weighted by Gasteiger charge is 2.01. The quantitative estimate of drug-likeness (QED) is 0.479. The molecule has 0 atom stereocenters. The van der Waals surface area contributed by atoms with Crippen LogP contribution in [0, 0.1) is 0 Å². The maximum Gasteiger partial charge on any atom is 0.336 e. The summed E-state index contributed by atoms with van der Waals surface area (Å²) >= 11 is 6.52. The smallest absolute Gasteiger partial charge is 0.336 e. The van der Waals surface area contributed by atoms with Crippen LogP contribution in [0.1, 0.15) is 0 Å². The molecule has 2 aromatic rings. The van der Waals surface area contributed by atoms with E-state index >= 15 is 0 Å². The molecule has 0 saturated heterocycles. The van der Waals surface area contributed by atoms with Crippen molar-refractivity contribution in [3.05, 3.63) is 40.8 Å². The van der Waals surface area contributed by atoms with Crippen molar-refractivity contribution in [3.63, 3.8) is 0 Å². The van der Waals surface area contributed by atoms with Gasteiger partial charge >= 0.3 is 5.63 Å². The Hall–Kier alpha value is -1.33. The Morgan fingerprint density at radius 3 is 2.94 bits per heavy atom. The fraction of sp³-hybridized carbons (Fsp3) is 0.0909. The van der Waals surface area contributed by atoms with Crippen molar-refractivity contribution in [2.45, 2.75) is 4.90 Å². The first kappa shape index (κ1) is 11.2. The average molecular weight is 251 g/mol. The Bertz CT molecular complexity index is 592. The third kappa shape index (κ3) is 2.43. The summed E-state index contributed by atoms with van der Waals surface area (Å²) in [7, 11) is 1.79. The van der Waals surface area contributed by atoms with Crippen molar-refractivity contribution >= 4 is 39.3 Å². The second-order valence-electron chi connectivity index (χ2n) is 3.09. The van der Waals surface area contributed by atoms with Crippen LogP contribution in [0.4, 0.5) is 0 Å². The minimum atomic E-state index is -0.335. The van der Waals surface area contributed by atoms with Crippen LogP contribution in [-0.2, 0) is 0 Å². The summed E-state index contributed by atoms with van der Waals surface area (Å²) < 4.78 is 5.74. The molecule has 3 nitrogen and oxygen atoms in total. The Morgan fingerprint density at radius 2 is 2.19 bits per heavy atom. The Balaban J connectivity index is 2.40. The number of nitrogens with one attached hydrogen (secondary N) is 1. The summed E-state index contributed by atoms with van der Waals surface area (Å²) in [5, 5.41) is 3.78. The van der Waals surface area contributed by atoms with Crippen molar-refractivity contribution in [3.8, 4) is 0 Å².